The van der Waals surface area contributed by atoms with Gasteiger partial charge in [-0.1, -0.05) is 61.5 Å². The highest BCUT2D eigenvalue weighted by atomic mass is 16.7. The fourth-order valence-corrected chi connectivity index (χ4v) is 3.25. The van der Waals surface area contributed by atoms with E-state index in [1.807, 2.05) is 55.4 Å². The van der Waals surface area contributed by atoms with Gasteiger partial charge in [0.25, 0.3) is 0 Å². The summed E-state index contributed by atoms with van der Waals surface area (Å²) in [6.45, 7) is 21.5. The number of carbonyl (C=O) groups is 4. The highest BCUT2D eigenvalue weighted by molar-refractivity contribution is 5.83. The molecule has 4 atom stereocenters. The van der Waals surface area contributed by atoms with Crippen LogP contribution in [0.4, 0.5) is 4.79 Å². The minimum atomic E-state index is -1.69. The predicted octanol–water partition coefficient (Wildman–Crippen LogP) is 6.06. The average Bonchev–Trinajstić information content (AvgIpc) is 2.77. The van der Waals surface area contributed by atoms with Crippen molar-refractivity contribution < 1.29 is 42.9 Å². The summed E-state index contributed by atoms with van der Waals surface area (Å²) in [6, 6.07) is 4.31. The normalized spacial score (nSPS) is 15.7. The van der Waals surface area contributed by atoms with E-state index in [-0.39, 0.29) is 52.8 Å². The van der Waals surface area contributed by atoms with E-state index in [0.717, 1.165) is 0 Å². The smallest absolute Gasteiger partial charge is 0.457 e. The maximum Gasteiger partial charge on any atom is 0.508 e. The molecule has 0 heterocycles. The van der Waals surface area contributed by atoms with Crippen LogP contribution < -0.4 is 15.2 Å². The van der Waals surface area contributed by atoms with Crippen molar-refractivity contribution in [2.24, 2.45) is 22.5 Å². The molecule has 0 aromatic heterocycles. The zero-order valence-electron chi connectivity index (χ0n) is 26.7. The first-order valence-corrected chi connectivity index (χ1v) is 13.9. The van der Waals surface area contributed by atoms with Gasteiger partial charge < -0.3 is 29.4 Å². The van der Waals surface area contributed by atoms with E-state index in [4.69, 9.17) is 29.4 Å². The van der Waals surface area contributed by atoms with Crippen LogP contribution in [0.25, 0.3) is 0 Å². The van der Waals surface area contributed by atoms with Gasteiger partial charge in [0, 0.05) is 0 Å². The second-order valence-corrected chi connectivity index (χ2v) is 13.5. The molecule has 1 unspecified atom stereocenters. The third-order valence-electron chi connectivity index (χ3n) is 6.22. The van der Waals surface area contributed by atoms with Gasteiger partial charge >= 0.3 is 24.1 Å². The van der Waals surface area contributed by atoms with Gasteiger partial charge in [-0.3, -0.25) is 9.59 Å². The molecule has 0 bridgehead atoms. The minimum Gasteiger partial charge on any atom is -0.457 e. The molecular weight excluding hydrogens is 530 g/mol. The van der Waals surface area contributed by atoms with E-state index in [1.165, 1.54) is 25.1 Å². The van der Waals surface area contributed by atoms with E-state index in [2.05, 4.69) is 0 Å². The van der Waals surface area contributed by atoms with Crippen LogP contribution >= 0.6 is 0 Å². The predicted molar refractivity (Wildman–Crippen MR) is 154 cm³/mol. The molecule has 0 radical (unpaired) electrons. The van der Waals surface area contributed by atoms with Crippen molar-refractivity contribution in [1.82, 2.24) is 0 Å². The molecule has 0 aliphatic heterocycles. The third kappa shape index (κ3) is 12.5. The molecule has 0 amide bonds. The third-order valence-corrected chi connectivity index (χ3v) is 6.22. The second-order valence-electron chi connectivity index (χ2n) is 13.5. The van der Waals surface area contributed by atoms with E-state index in [0.29, 0.717) is 0 Å². The summed E-state index contributed by atoms with van der Waals surface area (Å²) in [6.07, 6.45) is -2.65. The number of hydrogen-bond donors (Lipinski definition) is 1. The first-order valence-electron chi connectivity index (χ1n) is 13.9. The molecule has 2 N–H and O–H groups in total. The lowest BCUT2D eigenvalue weighted by atomic mass is 9.92. The molecule has 1 rings (SSSR count). The van der Waals surface area contributed by atoms with Gasteiger partial charge in [-0.2, -0.15) is 0 Å². The van der Waals surface area contributed by atoms with Crippen LogP contribution in [0.2, 0.25) is 0 Å². The Morgan fingerprint density at radius 3 is 1.59 bits per heavy atom. The fourth-order valence-electron chi connectivity index (χ4n) is 3.25. The van der Waals surface area contributed by atoms with Crippen LogP contribution in [-0.2, 0) is 34.1 Å². The SMILES string of the molecule is CC(C)C(C)OC(=O)O[C@@H](C)[C@H](C)OC(=O)[C@@](C)(N)c1ccc(OC(=O)CC(C)(C)C)c(OC(=O)CC(C)(C)C)c1. The molecule has 0 aliphatic rings. The molecule has 0 spiro atoms. The monoisotopic (exact) mass is 579 g/mol. The van der Waals surface area contributed by atoms with Crippen LogP contribution in [0.3, 0.4) is 0 Å². The molecule has 0 saturated carbocycles. The zero-order chi connectivity index (χ0) is 31.9. The lowest BCUT2D eigenvalue weighted by molar-refractivity contribution is -0.160. The number of benzene rings is 1. The Morgan fingerprint density at radius 2 is 1.12 bits per heavy atom. The maximum absolute atomic E-state index is 13.2. The molecule has 1 aromatic carbocycles. The molecule has 232 valence electrons. The van der Waals surface area contributed by atoms with Crippen molar-refractivity contribution in [1.29, 1.82) is 0 Å². The molecule has 0 saturated heterocycles. The van der Waals surface area contributed by atoms with Gasteiger partial charge in [-0.25, -0.2) is 9.59 Å². The topological polar surface area (TPSA) is 140 Å². The first kappa shape index (κ1) is 35.9. The van der Waals surface area contributed by atoms with Crippen molar-refractivity contribution in [2.75, 3.05) is 0 Å². The summed E-state index contributed by atoms with van der Waals surface area (Å²) >= 11 is 0. The molecule has 1 aromatic rings. The lowest BCUT2D eigenvalue weighted by Gasteiger charge is -2.28. The average molecular weight is 580 g/mol. The van der Waals surface area contributed by atoms with Crippen molar-refractivity contribution >= 4 is 24.1 Å². The highest BCUT2D eigenvalue weighted by Crippen LogP contribution is 2.35. The van der Waals surface area contributed by atoms with Gasteiger partial charge in [0.1, 0.15) is 23.9 Å². The lowest BCUT2D eigenvalue weighted by Crippen LogP contribution is -2.46. The van der Waals surface area contributed by atoms with Crippen molar-refractivity contribution in [2.45, 2.75) is 120 Å². The van der Waals surface area contributed by atoms with E-state index < -0.39 is 41.8 Å². The standard InChI is InChI=1S/C31H49NO9/c1-18(2)19(3)38-28(36)39-21(5)20(4)37-27(35)31(12,32)22-13-14-23(40-25(33)16-29(6,7)8)24(15-22)41-26(34)17-30(9,10)11/h13-15,18-21H,16-17,32H2,1-12H3/t19?,20-,21-,31-/m0/s1. The Labute approximate surface area is 244 Å². The molecular formula is C31H49NO9. The maximum atomic E-state index is 13.2. The zero-order valence-corrected chi connectivity index (χ0v) is 26.7. The van der Waals surface area contributed by atoms with Crippen LogP contribution in [0.15, 0.2) is 18.2 Å². The van der Waals surface area contributed by atoms with Gasteiger partial charge in [0.2, 0.25) is 0 Å². The van der Waals surface area contributed by atoms with Gasteiger partial charge in [0.15, 0.2) is 11.5 Å². The van der Waals surface area contributed by atoms with Crippen LogP contribution in [-0.4, -0.2) is 42.4 Å². The number of rotatable bonds is 11. The summed E-state index contributed by atoms with van der Waals surface area (Å²) in [4.78, 5) is 50.4. The number of nitrogens with two attached hydrogens (primary N) is 1. The number of esters is 3. The van der Waals surface area contributed by atoms with Crippen molar-refractivity contribution in [3.63, 3.8) is 0 Å². The van der Waals surface area contributed by atoms with Crippen LogP contribution in [0, 0.1) is 16.7 Å². The Hall–Kier alpha value is -3.14. The van der Waals surface area contributed by atoms with Crippen molar-refractivity contribution in [3.8, 4) is 11.5 Å². The highest BCUT2D eigenvalue weighted by Gasteiger charge is 2.36. The van der Waals surface area contributed by atoms with Gasteiger partial charge in [-0.05, 0) is 62.1 Å². The Bertz CT molecular complexity index is 1080. The Kier molecular flexibility index (Phi) is 12.4. The quantitative estimate of drug-likeness (QED) is 0.243. The summed E-state index contributed by atoms with van der Waals surface area (Å²) in [7, 11) is 0. The van der Waals surface area contributed by atoms with Crippen LogP contribution in [0.5, 0.6) is 11.5 Å². The number of hydrogen-bond acceptors (Lipinski definition) is 10. The first-order chi connectivity index (χ1) is 18.5. The molecule has 10 heteroatoms. The Morgan fingerprint density at radius 1 is 0.683 bits per heavy atom. The Balaban J connectivity index is 3.16. The largest absolute Gasteiger partial charge is 0.508 e. The van der Waals surface area contributed by atoms with Crippen LogP contribution in [0.1, 0.15) is 101 Å². The number of carbonyl (C=O) groups excluding carboxylic acids is 4. The molecule has 0 aliphatic carbocycles. The van der Waals surface area contributed by atoms with E-state index in [9.17, 15) is 19.2 Å². The number of ether oxygens (including phenoxy) is 5. The molecule has 41 heavy (non-hydrogen) atoms. The second kappa shape index (κ2) is 14.2. The van der Waals surface area contributed by atoms with E-state index in [1.54, 1.807) is 20.8 Å². The summed E-state index contributed by atoms with van der Waals surface area (Å²) in [5.74, 6) is -1.76. The fraction of sp³-hybridized carbons (Fsp3) is 0.677. The molecule has 0 fully saturated rings. The molecule has 10 nitrogen and oxygen atoms in total. The van der Waals surface area contributed by atoms with E-state index >= 15 is 0 Å². The van der Waals surface area contributed by atoms with Gasteiger partial charge in [0.05, 0.1) is 12.8 Å². The van der Waals surface area contributed by atoms with Gasteiger partial charge in [-0.15, -0.1) is 0 Å². The van der Waals surface area contributed by atoms with Crippen molar-refractivity contribution in [3.05, 3.63) is 23.8 Å². The minimum absolute atomic E-state index is 0.0268. The summed E-state index contributed by atoms with van der Waals surface area (Å²) < 4.78 is 27.1. The summed E-state index contributed by atoms with van der Waals surface area (Å²) in [5.41, 5.74) is 4.30. The summed E-state index contributed by atoms with van der Waals surface area (Å²) in [5, 5.41) is 0.